The second-order valence-electron chi connectivity index (χ2n) is 6.01. The highest BCUT2D eigenvalue weighted by atomic mass is 16.5. The lowest BCUT2D eigenvalue weighted by atomic mass is 10.2. The number of hydrogen-bond acceptors (Lipinski definition) is 4. The van der Waals surface area contributed by atoms with Crippen molar-refractivity contribution in [1.82, 2.24) is 15.0 Å². The van der Waals surface area contributed by atoms with Gasteiger partial charge in [-0.25, -0.2) is 4.98 Å². The lowest BCUT2D eigenvalue weighted by molar-refractivity contribution is 0.268. The minimum absolute atomic E-state index is 0.424. The number of aromatic nitrogens is 3. The van der Waals surface area contributed by atoms with Crippen LogP contribution in [0, 0.1) is 0 Å². The van der Waals surface area contributed by atoms with Gasteiger partial charge in [0.2, 0.25) is 11.8 Å². The average Bonchev–Trinajstić information content (AvgIpc) is 3.27. The number of pyridine rings is 1. The van der Waals surface area contributed by atoms with Crippen molar-refractivity contribution in [3.05, 3.63) is 96.4 Å². The van der Waals surface area contributed by atoms with Crippen LogP contribution in [0.5, 0.6) is 11.8 Å². The molecule has 0 fully saturated rings. The molecule has 4 rings (SSSR count). The van der Waals surface area contributed by atoms with Gasteiger partial charge in [0.1, 0.15) is 13.2 Å². The molecule has 5 heteroatoms. The zero-order valence-corrected chi connectivity index (χ0v) is 14.7. The summed E-state index contributed by atoms with van der Waals surface area (Å²) in [5.41, 5.74) is 3.75. The lowest BCUT2D eigenvalue weighted by Gasteiger charge is -2.12. The Balaban J connectivity index is 1.55. The van der Waals surface area contributed by atoms with Crippen molar-refractivity contribution in [1.29, 1.82) is 0 Å². The average molecular weight is 357 g/mol. The van der Waals surface area contributed by atoms with E-state index >= 15 is 0 Å². The molecule has 2 aromatic heterocycles. The van der Waals surface area contributed by atoms with Crippen LogP contribution in [0.3, 0.4) is 0 Å². The maximum atomic E-state index is 5.99. The van der Waals surface area contributed by atoms with Crippen LogP contribution in [-0.4, -0.2) is 15.0 Å². The van der Waals surface area contributed by atoms with Gasteiger partial charge in [-0.05, 0) is 17.2 Å². The smallest absolute Gasteiger partial charge is 0.226 e. The monoisotopic (exact) mass is 357 g/mol. The summed E-state index contributed by atoms with van der Waals surface area (Å²) in [6.07, 6.45) is 3.45. The number of nitrogens with zero attached hydrogens (tertiary/aromatic N) is 2. The fraction of sp³-hybridized carbons (Fsp3) is 0.0909. The molecule has 0 spiro atoms. The van der Waals surface area contributed by atoms with E-state index in [1.54, 1.807) is 6.33 Å². The molecule has 0 bridgehead atoms. The summed E-state index contributed by atoms with van der Waals surface area (Å²) in [4.78, 5) is 11.8. The number of hydrogen-bond donors (Lipinski definition) is 1. The number of nitrogens with one attached hydrogen (secondary N) is 1. The summed E-state index contributed by atoms with van der Waals surface area (Å²) in [7, 11) is 0. The molecule has 0 aliphatic heterocycles. The van der Waals surface area contributed by atoms with Crippen LogP contribution in [0.2, 0.25) is 0 Å². The van der Waals surface area contributed by atoms with Gasteiger partial charge in [-0.1, -0.05) is 60.7 Å². The lowest BCUT2D eigenvalue weighted by Crippen LogP contribution is -2.02. The quantitative estimate of drug-likeness (QED) is 0.524. The highest BCUT2D eigenvalue weighted by Gasteiger charge is 2.12. The van der Waals surface area contributed by atoms with Crippen molar-refractivity contribution in [2.45, 2.75) is 13.2 Å². The summed E-state index contributed by atoms with van der Waals surface area (Å²) >= 11 is 0. The fourth-order valence-corrected chi connectivity index (χ4v) is 2.67. The number of benzene rings is 2. The van der Waals surface area contributed by atoms with E-state index in [1.807, 2.05) is 79.0 Å². The highest BCUT2D eigenvalue weighted by Crippen LogP contribution is 2.29. The van der Waals surface area contributed by atoms with E-state index in [1.165, 1.54) is 0 Å². The van der Waals surface area contributed by atoms with Gasteiger partial charge in [-0.15, -0.1) is 0 Å². The number of aromatic amines is 1. The summed E-state index contributed by atoms with van der Waals surface area (Å²) < 4.78 is 11.8. The van der Waals surface area contributed by atoms with Crippen LogP contribution in [0.4, 0.5) is 0 Å². The van der Waals surface area contributed by atoms with E-state index < -0.39 is 0 Å². The predicted octanol–water partition coefficient (Wildman–Crippen LogP) is 4.63. The van der Waals surface area contributed by atoms with Crippen LogP contribution < -0.4 is 9.47 Å². The van der Waals surface area contributed by atoms with Crippen LogP contribution in [0.15, 0.2) is 85.3 Å². The summed E-state index contributed by atoms with van der Waals surface area (Å²) in [5.74, 6) is 1.01. The van der Waals surface area contributed by atoms with Crippen LogP contribution in [0.1, 0.15) is 11.1 Å². The number of rotatable bonds is 7. The normalized spacial score (nSPS) is 10.5. The van der Waals surface area contributed by atoms with E-state index in [2.05, 4.69) is 15.0 Å². The van der Waals surface area contributed by atoms with E-state index in [-0.39, 0.29) is 0 Å². The van der Waals surface area contributed by atoms with Gasteiger partial charge in [0.25, 0.3) is 0 Å². The molecule has 0 atom stereocenters. The van der Waals surface area contributed by atoms with Gasteiger partial charge in [0, 0.05) is 12.3 Å². The van der Waals surface area contributed by atoms with Gasteiger partial charge in [-0.2, -0.15) is 4.98 Å². The topological polar surface area (TPSA) is 60.0 Å². The molecule has 0 radical (unpaired) electrons. The molecule has 0 aliphatic rings. The first-order valence-corrected chi connectivity index (χ1v) is 8.72. The third kappa shape index (κ3) is 4.33. The maximum absolute atomic E-state index is 5.99. The fourth-order valence-electron chi connectivity index (χ4n) is 2.67. The molecule has 0 amide bonds. The Labute approximate surface area is 157 Å². The van der Waals surface area contributed by atoms with Gasteiger partial charge < -0.3 is 14.5 Å². The van der Waals surface area contributed by atoms with Crippen LogP contribution >= 0.6 is 0 Å². The van der Waals surface area contributed by atoms with Crippen molar-refractivity contribution >= 4 is 0 Å². The molecule has 5 nitrogen and oxygen atoms in total. The van der Waals surface area contributed by atoms with Crippen LogP contribution in [-0.2, 0) is 13.2 Å². The van der Waals surface area contributed by atoms with E-state index in [4.69, 9.17) is 9.47 Å². The number of H-pyrrole nitrogens is 1. The van der Waals surface area contributed by atoms with Crippen LogP contribution in [0.25, 0.3) is 11.3 Å². The van der Waals surface area contributed by atoms with Crippen molar-refractivity contribution in [3.63, 3.8) is 0 Å². The van der Waals surface area contributed by atoms with E-state index in [0.29, 0.717) is 25.0 Å². The Morgan fingerprint density at radius 2 is 1.41 bits per heavy atom. The molecule has 0 saturated heterocycles. The molecule has 4 aromatic rings. The molecule has 0 saturated carbocycles. The standard InChI is InChI=1S/C22H19N3O2/c1-3-7-17(8-4-1)14-26-21-12-11-19(20-13-23-16-24-20)22(25-21)27-15-18-9-5-2-6-10-18/h1-13,16H,14-15H2,(H,23,24). The van der Waals surface area contributed by atoms with Crippen molar-refractivity contribution in [3.8, 4) is 23.0 Å². The van der Waals surface area contributed by atoms with Crippen molar-refractivity contribution in [2.24, 2.45) is 0 Å². The second-order valence-corrected chi connectivity index (χ2v) is 6.01. The first kappa shape index (κ1) is 16.8. The minimum atomic E-state index is 0.424. The third-order valence-corrected chi connectivity index (χ3v) is 4.06. The Hall–Kier alpha value is -3.60. The zero-order valence-electron chi connectivity index (χ0n) is 14.7. The summed E-state index contributed by atoms with van der Waals surface area (Å²) in [6.45, 7) is 0.876. The molecule has 134 valence electrons. The largest absolute Gasteiger partial charge is 0.473 e. The predicted molar refractivity (Wildman–Crippen MR) is 103 cm³/mol. The zero-order chi connectivity index (χ0) is 18.3. The molecular formula is C22H19N3O2. The molecule has 0 aliphatic carbocycles. The SMILES string of the molecule is c1ccc(COc2ccc(-c3c[nH]cn3)c(OCc3ccccc3)n2)cc1. The van der Waals surface area contributed by atoms with Gasteiger partial charge in [-0.3, -0.25) is 0 Å². The first-order valence-electron chi connectivity index (χ1n) is 8.72. The first-order chi connectivity index (χ1) is 13.4. The van der Waals surface area contributed by atoms with E-state index in [0.717, 1.165) is 22.4 Å². The molecule has 1 N–H and O–H groups in total. The van der Waals surface area contributed by atoms with Gasteiger partial charge in [0.05, 0.1) is 17.6 Å². The summed E-state index contributed by atoms with van der Waals surface area (Å²) in [6, 6.07) is 23.7. The third-order valence-electron chi connectivity index (χ3n) is 4.06. The number of ether oxygens (including phenoxy) is 2. The molecule has 2 aromatic carbocycles. The maximum Gasteiger partial charge on any atom is 0.226 e. The van der Waals surface area contributed by atoms with Gasteiger partial charge >= 0.3 is 0 Å². The Morgan fingerprint density at radius 3 is 2.04 bits per heavy atom. The Kier molecular flexibility index (Phi) is 5.11. The van der Waals surface area contributed by atoms with Crippen molar-refractivity contribution in [2.75, 3.05) is 0 Å². The number of imidazole rings is 1. The van der Waals surface area contributed by atoms with Crippen molar-refractivity contribution < 1.29 is 9.47 Å². The molecular weight excluding hydrogens is 338 g/mol. The molecule has 2 heterocycles. The molecule has 0 unspecified atom stereocenters. The second kappa shape index (κ2) is 8.19. The minimum Gasteiger partial charge on any atom is -0.473 e. The Morgan fingerprint density at radius 1 is 0.741 bits per heavy atom. The van der Waals surface area contributed by atoms with E-state index in [9.17, 15) is 0 Å². The highest BCUT2D eigenvalue weighted by molar-refractivity contribution is 5.64. The Bertz CT molecular complexity index is 971. The molecule has 27 heavy (non-hydrogen) atoms. The summed E-state index contributed by atoms with van der Waals surface area (Å²) in [5, 5.41) is 0. The van der Waals surface area contributed by atoms with Gasteiger partial charge in [0.15, 0.2) is 0 Å².